The highest BCUT2D eigenvalue weighted by Crippen LogP contribution is 2.10. The van der Waals surface area contributed by atoms with Crippen molar-refractivity contribution >= 4 is 0 Å². The van der Waals surface area contributed by atoms with Gasteiger partial charge in [-0.2, -0.15) is 0 Å². The molecule has 0 bridgehead atoms. The summed E-state index contributed by atoms with van der Waals surface area (Å²) in [5.74, 6) is 1.69. The zero-order valence-electron chi connectivity index (χ0n) is 15.8. The maximum Gasteiger partial charge on any atom is -0.00515 e. The van der Waals surface area contributed by atoms with Crippen molar-refractivity contribution < 1.29 is 0 Å². The summed E-state index contributed by atoms with van der Waals surface area (Å²) in [7, 11) is 0. The molecule has 0 saturated carbocycles. The van der Waals surface area contributed by atoms with E-state index in [0.717, 1.165) is 18.4 Å². The first-order valence-corrected chi connectivity index (χ1v) is 9.32. The van der Waals surface area contributed by atoms with Crippen molar-refractivity contribution in [1.29, 1.82) is 0 Å². The Kier molecular flexibility index (Phi) is 29.9. The van der Waals surface area contributed by atoms with E-state index in [1.807, 2.05) is 13.8 Å². The van der Waals surface area contributed by atoms with Crippen molar-refractivity contribution in [2.24, 2.45) is 17.6 Å². The molecule has 1 heteroatoms. The van der Waals surface area contributed by atoms with Crippen LogP contribution in [0.3, 0.4) is 0 Å². The Morgan fingerprint density at radius 3 is 1.60 bits per heavy atom. The van der Waals surface area contributed by atoms with E-state index in [2.05, 4.69) is 34.6 Å². The minimum absolute atomic E-state index is 0.733. The second kappa shape index (κ2) is 24.0. The molecule has 0 fully saturated rings. The predicted molar refractivity (Wildman–Crippen MR) is 97.3 cm³/mol. The van der Waals surface area contributed by atoms with Gasteiger partial charge in [0.2, 0.25) is 0 Å². The monoisotopic (exact) mass is 287 g/mol. The molecular formula is C19H45N. The van der Waals surface area contributed by atoms with Crippen LogP contribution in [0, 0.1) is 11.8 Å². The molecule has 0 saturated heterocycles. The summed E-state index contributed by atoms with van der Waals surface area (Å²) in [4.78, 5) is 0. The molecule has 0 radical (unpaired) electrons. The summed E-state index contributed by atoms with van der Waals surface area (Å²) < 4.78 is 0. The van der Waals surface area contributed by atoms with E-state index in [1.54, 1.807) is 0 Å². The van der Waals surface area contributed by atoms with Gasteiger partial charge in [-0.15, -0.1) is 0 Å². The van der Waals surface area contributed by atoms with Gasteiger partial charge in [0.05, 0.1) is 0 Å². The smallest absolute Gasteiger partial charge is 0.00515 e. The highest BCUT2D eigenvalue weighted by atomic mass is 14.5. The number of rotatable bonds is 10. The second-order valence-electron chi connectivity index (χ2n) is 5.85. The van der Waals surface area contributed by atoms with Crippen molar-refractivity contribution in [3.05, 3.63) is 0 Å². The van der Waals surface area contributed by atoms with Crippen LogP contribution in [0.4, 0.5) is 0 Å². The first-order valence-electron chi connectivity index (χ1n) is 9.32. The van der Waals surface area contributed by atoms with Gasteiger partial charge in [-0.3, -0.25) is 0 Å². The zero-order chi connectivity index (χ0) is 16.2. The number of unbranched alkanes of at least 4 members (excludes halogenated alkanes) is 4. The van der Waals surface area contributed by atoms with Crippen LogP contribution in [0.15, 0.2) is 0 Å². The van der Waals surface area contributed by atoms with Gasteiger partial charge < -0.3 is 5.73 Å². The number of nitrogens with two attached hydrogens (primary N) is 1. The molecule has 2 atom stereocenters. The van der Waals surface area contributed by atoms with Crippen molar-refractivity contribution in [1.82, 2.24) is 0 Å². The van der Waals surface area contributed by atoms with E-state index in [-0.39, 0.29) is 0 Å². The van der Waals surface area contributed by atoms with Gasteiger partial charge in [0, 0.05) is 0 Å². The molecule has 0 rings (SSSR count). The van der Waals surface area contributed by atoms with Gasteiger partial charge in [0.15, 0.2) is 0 Å². The lowest BCUT2D eigenvalue weighted by atomic mass is 10.0. The van der Waals surface area contributed by atoms with Gasteiger partial charge in [-0.25, -0.2) is 0 Å². The lowest BCUT2D eigenvalue weighted by molar-refractivity contribution is 0.492. The Balaban J connectivity index is -0.000000262. The van der Waals surface area contributed by atoms with E-state index in [9.17, 15) is 0 Å². The van der Waals surface area contributed by atoms with Crippen molar-refractivity contribution in [3.63, 3.8) is 0 Å². The third kappa shape index (κ3) is 26.5. The van der Waals surface area contributed by atoms with Gasteiger partial charge in [0.25, 0.3) is 0 Å². The zero-order valence-corrected chi connectivity index (χ0v) is 15.8. The average Bonchev–Trinajstić information content (AvgIpc) is 2.51. The topological polar surface area (TPSA) is 26.0 Å². The lowest BCUT2D eigenvalue weighted by Gasteiger charge is -2.06. The SMILES string of the molecule is CC.CCCCC(C)CC.CCCCCCC(C)CN. The molecule has 0 aliphatic heterocycles. The molecule has 0 aromatic heterocycles. The average molecular weight is 288 g/mol. The van der Waals surface area contributed by atoms with Gasteiger partial charge >= 0.3 is 0 Å². The fraction of sp³-hybridized carbons (Fsp3) is 1.00. The standard InChI is InChI=1S/C9H21N.C8H18.C2H6/c1-3-4-5-6-7-9(2)8-10;1-4-6-7-8(3)5-2;1-2/h9H,3-8,10H2,1-2H3;8H,4-7H2,1-3H3;1-2H3. The maximum atomic E-state index is 5.49. The maximum absolute atomic E-state index is 5.49. The van der Waals surface area contributed by atoms with Gasteiger partial charge in [0.1, 0.15) is 0 Å². The summed E-state index contributed by atoms with van der Waals surface area (Å²) in [6.45, 7) is 16.2. The number of hydrogen-bond acceptors (Lipinski definition) is 1. The van der Waals surface area contributed by atoms with Crippen LogP contribution < -0.4 is 5.73 Å². The summed E-state index contributed by atoms with van der Waals surface area (Å²) in [5, 5.41) is 0. The first-order chi connectivity index (χ1) is 9.62. The van der Waals surface area contributed by atoms with Crippen molar-refractivity contribution in [3.8, 4) is 0 Å². The molecule has 0 aromatic carbocycles. The summed E-state index contributed by atoms with van der Waals surface area (Å²) in [6, 6.07) is 0. The highest BCUT2D eigenvalue weighted by Gasteiger charge is 1.97. The summed E-state index contributed by atoms with van der Waals surface area (Å²) in [6.07, 6.45) is 12.3. The van der Waals surface area contributed by atoms with E-state index in [0.29, 0.717) is 0 Å². The fourth-order valence-corrected chi connectivity index (χ4v) is 1.79. The quantitative estimate of drug-likeness (QED) is 0.439. The Morgan fingerprint density at radius 1 is 0.700 bits per heavy atom. The lowest BCUT2D eigenvalue weighted by Crippen LogP contribution is -2.10. The Morgan fingerprint density at radius 2 is 1.20 bits per heavy atom. The van der Waals surface area contributed by atoms with Gasteiger partial charge in [-0.1, -0.05) is 99.8 Å². The van der Waals surface area contributed by atoms with Crippen molar-refractivity contribution in [2.75, 3.05) is 6.54 Å². The molecule has 1 nitrogen and oxygen atoms in total. The van der Waals surface area contributed by atoms with Crippen LogP contribution in [0.25, 0.3) is 0 Å². The molecule has 2 unspecified atom stereocenters. The summed E-state index contributed by atoms with van der Waals surface area (Å²) in [5.41, 5.74) is 5.49. The third-order valence-electron chi connectivity index (χ3n) is 3.70. The molecular weight excluding hydrogens is 242 g/mol. The van der Waals surface area contributed by atoms with Crippen LogP contribution in [0.5, 0.6) is 0 Å². The van der Waals surface area contributed by atoms with E-state index >= 15 is 0 Å². The number of hydrogen-bond donors (Lipinski definition) is 1. The molecule has 0 aliphatic rings. The van der Waals surface area contributed by atoms with E-state index in [1.165, 1.54) is 57.8 Å². The van der Waals surface area contributed by atoms with E-state index in [4.69, 9.17) is 5.73 Å². The van der Waals surface area contributed by atoms with E-state index < -0.39 is 0 Å². The fourth-order valence-electron chi connectivity index (χ4n) is 1.79. The minimum Gasteiger partial charge on any atom is -0.330 e. The summed E-state index contributed by atoms with van der Waals surface area (Å²) >= 11 is 0. The molecule has 20 heavy (non-hydrogen) atoms. The molecule has 0 aromatic rings. The Hall–Kier alpha value is -0.0400. The molecule has 126 valence electrons. The normalized spacial score (nSPS) is 12.6. The molecule has 0 amide bonds. The van der Waals surface area contributed by atoms with Crippen LogP contribution in [-0.2, 0) is 0 Å². The van der Waals surface area contributed by atoms with Crippen LogP contribution in [0.1, 0.15) is 106 Å². The van der Waals surface area contributed by atoms with Crippen molar-refractivity contribution in [2.45, 2.75) is 106 Å². The second-order valence-corrected chi connectivity index (χ2v) is 5.85. The predicted octanol–water partition coefficient (Wildman–Crippen LogP) is 6.80. The molecule has 2 N–H and O–H groups in total. The first kappa shape index (κ1) is 24.9. The minimum atomic E-state index is 0.733. The molecule has 0 heterocycles. The Labute approximate surface area is 131 Å². The molecule has 0 aliphatic carbocycles. The highest BCUT2D eigenvalue weighted by molar-refractivity contribution is 4.52. The van der Waals surface area contributed by atoms with Crippen LogP contribution in [0.2, 0.25) is 0 Å². The third-order valence-corrected chi connectivity index (χ3v) is 3.70. The van der Waals surface area contributed by atoms with Gasteiger partial charge in [-0.05, 0) is 24.8 Å². The van der Waals surface area contributed by atoms with Crippen LogP contribution in [-0.4, -0.2) is 6.54 Å². The molecule has 0 spiro atoms. The Bertz CT molecular complexity index is 134. The largest absolute Gasteiger partial charge is 0.330 e. The van der Waals surface area contributed by atoms with Crippen LogP contribution >= 0.6 is 0 Å².